The average Bonchev–Trinajstić information content (AvgIpc) is 2.38. The minimum atomic E-state index is -0.436. The van der Waals surface area contributed by atoms with Gasteiger partial charge in [-0.3, -0.25) is 0 Å². The van der Waals surface area contributed by atoms with E-state index in [4.69, 9.17) is 10.00 Å². The standard InChI is InChI=1S/C14H10FNO/c15-13-6-7-14(12(8-13)9-16)17-10-11-4-2-1-3-5-11/h1-8H,10H2. The molecule has 0 bridgehead atoms. The van der Waals surface area contributed by atoms with Crippen molar-refractivity contribution in [1.29, 1.82) is 5.26 Å². The van der Waals surface area contributed by atoms with Gasteiger partial charge in [0, 0.05) is 0 Å². The lowest BCUT2D eigenvalue weighted by atomic mass is 10.2. The molecule has 0 aliphatic carbocycles. The molecule has 0 aliphatic heterocycles. The Balaban J connectivity index is 2.12. The fourth-order valence-electron chi connectivity index (χ4n) is 1.45. The van der Waals surface area contributed by atoms with E-state index in [1.165, 1.54) is 18.2 Å². The number of halogens is 1. The molecule has 2 nitrogen and oxygen atoms in total. The monoisotopic (exact) mass is 227 g/mol. The van der Waals surface area contributed by atoms with Gasteiger partial charge in [-0.1, -0.05) is 30.3 Å². The van der Waals surface area contributed by atoms with Gasteiger partial charge in [0.05, 0.1) is 5.56 Å². The summed E-state index contributed by atoms with van der Waals surface area (Å²) in [4.78, 5) is 0. The zero-order chi connectivity index (χ0) is 12.1. The fourth-order valence-corrected chi connectivity index (χ4v) is 1.45. The van der Waals surface area contributed by atoms with Crippen molar-refractivity contribution in [3.8, 4) is 11.8 Å². The Morgan fingerprint density at radius 3 is 2.59 bits per heavy atom. The molecule has 0 N–H and O–H groups in total. The molecule has 0 aromatic heterocycles. The molecule has 0 unspecified atom stereocenters. The van der Waals surface area contributed by atoms with Crippen LogP contribution in [0.1, 0.15) is 11.1 Å². The number of rotatable bonds is 3. The van der Waals surface area contributed by atoms with Crippen molar-refractivity contribution in [2.24, 2.45) is 0 Å². The van der Waals surface area contributed by atoms with Crippen LogP contribution in [0.15, 0.2) is 48.5 Å². The van der Waals surface area contributed by atoms with Crippen LogP contribution in [-0.2, 0) is 6.61 Å². The second-order valence-electron chi connectivity index (χ2n) is 3.53. The van der Waals surface area contributed by atoms with Crippen LogP contribution in [0.25, 0.3) is 0 Å². The van der Waals surface area contributed by atoms with Gasteiger partial charge >= 0.3 is 0 Å². The van der Waals surface area contributed by atoms with Crippen molar-refractivity contribution in [2.75, 3.05) is 0 Å². The van der Waals surface area contributed by atoms with Gasteiger partial charge in [0.15, 0.2) is 0 Å². The van der Waals surface area contributed by atoms with Crippen LogP contribution >= 0.6 is 0 Å². The van der Waals surface area contributed by atoms with Crippen LogP contribution in [0.2, 0.25) is 0 Å². The normalized spacial score (nSPS) is 9.65. The number of hydrogen-bond donors (Lipinski definition) is 0. The molecular weight excluding hydrogens is 217 g/mol. The zero-order valence-electron chi connectivity index (χ0n) is 9.06. The zero-order valence-corrected chi connectivity index (χ0v) is 9.06. The summed E-state index contributed by atoms with van der Waals surface area (Å²) in [6.07, 6.45) is 0. The van der Waals surface area contributed by atoms with Gasteiger partial charge < -0.3 is 4.74 Å². The SMILES string of the molecule is N#Cc1cc(F)ccc1OCc1ccccc1. The Morgan fingerprint density at radius 1 is 1.12 bits per heavy atom. The number of benzene rings is 2. The molecule has 2 aromatic carbocycles. The molecule has 0 aliphatic rings. The Kier molecular flexibility index (Phi) is 3.37. The molecule has 0 amide bonds. The Morgan fingerprint density at radius 2 is 1.88 bits per heavy atom. The Labute approximate surface area is 98.9 Å². The molecule has 84 valence electrons. The van der Waals surface area contributed by atoms with Crippen LogP contribution in [0.3, 0.4) is 0 Å². The molecule has 0 radical (unpaired) electrons. The van der Waals surface area contributed by atoms with E-state index in [-0.39, 0.29) is 5.56 Å². The van der Waals surface area contributed by atoms with Crippen LogP contribution in [0.5, 0.6) is 5.75 Å². The summed E-state index contributed by atoms with van der Waals surface area (Å²) < 4.78 is 18.4. The summed E-state index contributed by atoms with van der Waals surface area (Å²) in [7, 11) is 0. The number of hydrogen-bond acceptors (Lipinski definition) is 2. The summed E-state index contributed by atoms with van der Waals surface area (Å²) in [5.74, 6) is -0.0358. The third-order valence-corrected chi connectivity index (χ3v) is 2.30. The molecule has 0 atom stereocenters. The highest BCUT2D eigenvalue weighted by Crippen LogP contribution is 2.19. The number of nitrogens with zero attached hydrogens (tertiary/aromatic N) is 1. The van der Waals surface area contributed by atoms with Crippen LogP contribution < -0.4 is 4.74 Å². The first-order valence-electron chi connectivity index (χ1n) is 5.16. The van der Waals surface area contributed by atoms with Gasteiger partial charge in [0.1, 0.15) is 24.2 Å². The maximum atomic E-state index is 12.9. The third kappa shape index (κ3) is 2.82. The van der Waals surface area contributed by atoms with Gasteiger partial charge in [-0.15, -0.1) is 0 Å². The summed E-state index contributed by atoms with van der Waals surface area (Å²) in [5.41, 5.74) is 1.21. The van der Waals surface area contributed by atoms with Gasteiger partial charge in [-0.2, -0.15) is 5.26 Å². The summed E-state index contributed by atoms with van der Waals surface area (Å²) in [6, 6.07) is 15.4. The van der Waals surface area contributed by atoms with Crippen molar-refractivity contribution < 1.29 is 9.13 Å². The molecule has 3 heteroatoms. The molecule has 0 spiro atoms. The van der Waals surface area contributed by atoms with Crippen molar-refractivity contribution >= 4 is 0 Å². The Hall–Kier alpha value is -2.34. The van der Waals surface area contributed by atoms with Gasteiger partial charge in [-0.05, 0) is 23.8 Å². The largest absolute Gasteiger partial charge is 0.488 e. The molecular formula is C14H10FNO. The van der Waals surface area contributed by atoms with Crippen LogP contribution in [0.4, 0.5) is 4.39 Å². The van der Waals surface area contributed by atoms with Crippen molar-refractivity contribution in [2.45, 2.75) is 6.61 Å². The van der Waals surface area contributed by atoms with Gasteiger partial charge in [0.25, 0.3) is 0 Å². The van der Waals surface area contributed by atoms with Crippen molar-refractivity contribution in [3.05, 3.63) is 65.5 Å². The lowest BCUT2D eigenvalue weighted by Crippen LogP contribution is -1.97. The molecule has 17 heavy (non-hydrogen) atoms. The molecule has 2 aromatic rings. The van der Waals surface area contributed by atoms with E-state index in [1.807, 2.05) is 36.4 Å². The summed E-state index contributed by atoms with van der Waals surface area (Å²) >= 11 is 0. The highest BCUT2D eigenvalue weighted by molar-refractivity contribution is 5.43. The fraction of sp³-hybridized carbons (Fsp3) is 0.0714. The minimum Gasteiger partial charge on any atom is -0.488 e. The van der Waals surface area contributed by atoms with E-state index in [2.05, 4.69) is 0 Å². The van der Waals surface area contributed by atoms with Crippen molar-refractivity contribution in [3.63, 3.8) is 0 Å². The third-order valence-electron chi connectivity index (χ3n) is 2.30. The highest BCUT2D eigenvalue weighted by atomic mass is 19.1. The summed E-state index contributed by atoms with van der Waals surface area (Å²) in [6.45, 7) is 0.362. The molecule has 0 fully saturated rings. The predicted molar refractivity (Wildman–Crippen MR) is 61.9 cm³/mol. The maximum absolute atomic E-state index is 12.9. The van der Waals surface area contributed by atoms with Crippen LogP contribution in [-0.4, -0.2) is 0 Å². The van der Waals surface area contributed by atoms with Crippen molar-refractivity contribution in [1.82, 2.24) is 0 Å². The smallest absolute Gasteiger partial charge is 0.137 e. The first-order valence-corrected chi connectivity index (χ1v) is 5.16. The second kappa shape index (κ2) is 5.13. The quantitative estimate of drug-likeness (QED) is 0.806. The Bertz CT molecular complexity index is 546. The molecule has 0 heterocycles. The van der Waals surface area contributed by atoms with Crippen LogP contribution in [0, 0.1) is 17.1 Å². The minimum absolute atomic E-state index is 0.209. The first-order chi connectivity index (χ1) is 8.29. The van der Waals surface area contributed by atoms with E-state index >= 15 is 0 Å². The van der Waals surface area contributed by atoms with E-state index in [9.17, 15) is 4.39 Å². The van der Waals surface area contributed by atoms with E-state index in [1.54, 1.807) is 0 Å². The summed E-state index contributed by atoms with van der Waals surface area (Å²) in [5, 5.41) is 8.84. The van der Waals surface area contributed by atoms with E-state index in [0.717, 1.165) is 5.56 Å². The highest BCUT2D eigenvalue weighted by Gasteiger charge is 2.04. The predicted octanol–water partition coefficient (Wildman–Crippen LogP) is 3.28. The lowest BCUT2D eigenvalue weighted by molar-refractivity contribution is 0.305. The number of nitriles is 1. The number of ether oxygens (including phenoxy) is 1. The van der Waals surface area contributed by atoms with Gasteiger partial charge in [0.2, 0.25) is 0 Å². The first kappa shape index (κ1) is 11.2. The maximum Gasteiger partial charge on any atom is 0.137 e. The molecule has 2 rings (SSSR count). The van der Waals surface area contributed by atoms with Gasteiger partial charge in [-0.25, -0.2) is 4.39 Å². The molecule has 0 saturated carbocycles. The van der Waals surface area contributed by atoms with E-state index < -0.39 is 5.82 Å². The topological polar surface area (TPSA) is 33.0 Å². The molecule has 0 saturated heterocycles. The lowest BCUT2D eigenvalue weighted by Gasteiger charge is -2.07. The second-order valence-corrected chi connectivity index (χ2v) is 3.53. The average molecular weight is 227 g/mol. The van der Waals surface area contributed by atoms with E-state index in [0.29, 0.717) is 12.4 Å².